The van der Waals surface area contributed by atoms with Crippen LogP contribution in [-0.4, -0.2) is 22.3 Å². The van der Waals surface area contributed by atoms with E-state index in [-0.39, 0.29) is 5.78 Å². The third-order valence-corrected chi connectivity index (χ3v) is 3.19. The summed E-state index contributed by atoms with van der Waals surface area (Å²) in [5, 5.41) is 12.0. The normalized spacial score (nSPS) is 27.1. The van der Waals surface area contributed by atoms with Gasteiger partial charge in [0.25, 0.3) is 0 Å². The number of nitrogens with zero attached hydrogens (tertiary/aromatic N) is 1. The summed E-state index contributed by atoms with van der Waals surface area (Å²) in [6, 6.07) is 3.41. The first-order valence-electron chi connectivity index (χ1n) is 5.51. The van der Waals surface area contributed by atoms with Crippen LogP contribution in [0.2, 0.25) is 0 Å². The minimum atomic E-state index is -0.912. The molecule has 0 unspecified atom stereocenters. The minimum Gasteiger partial charge on any atom is -0.623 e. The van der Waals surface area contributed by atoms with Crippen molar-refractivity contribution >= 4 is 12.0 Å². The summed E-state index contributed by atoms with van der Waals surface area (Å²) in [6.07, 6.45) is 5.79. The van der Waals surface area contributed by atoms with Crippen LogP contribution in [0.3, 0.4) is 0 Å². The van der Waals surface area contributed by atoms with Gasteiger partial charge in [-0.3, -0.25) is 4.79 Å². The molecular formula is C12H15NO3. The van der Waals surface area contributed by atoms with Gasteiger partial charge in [0.1, 0.15) is 0 Å². The summed E-state index contributed by atoms with van der Waals surface area (Å²) in [4.78, 5) is 11.8. The average Bonchev–Trinajstić information content (AvgIpc) is 2.75. The monoisotopic (exact) mass is 221 g/mol. The SMILES string of the molecule is C[C@@]1(/[N+]([O-])=C/c2ccco2)CCCCC1=O. The molecule has 0 aliphatic heterocycles. The molecule has 86 valence electrons. The number of carbonyl (C=O) groups excluding carboxylic acids is 1. The van der Waals surface area contributed by atoms with Crippen molar-refractivity contribution < 1.29 is 14.0 Å². The van der Waals surface area contributed by atoms with Crippen LogP contribution in [0.5, 0.6) is 0 Å². The molecule has 16 heavy (non-hydrogen) atoms. The van der Waals surface area contributed by atoms with Gasteiger partial charge in [0.05, 0.1) is 6.26 Å². The molecule has 1 aliphatic carbocycles. The zero-order valence-corrected chi connectivity index (χ0v) is 9.31. The lowest BCUT2D eigenvalue weighted by Gasteiger charge is -2.29. The summed E-state index contributed by atoms with van der Waals surface area (Å²) in [5.41, 5.74) is -0.912. The molecule has 0 N–H and O–H groups in total. The molecule has 0 saturated heterocycles. The van der Waals surface area contributed by atoms with Crippen molar-refractivity contribution in [2.75, 3.05) is 0 Å². The van der Waals surface area contributed by atoms with Crippen LogP contribution in [0.15, 0.2) is 22.8 Å². The van der Waals surface area contributed by atoms with E-state index >= 15 is 0 Å². The van der Waals surface area contributed by atoms with Crippen molar-refractivity contribution in [3.8, 4) is 0 Å². The first-order valence-corrected chi connectivity index (χ1v) is 5.51. The highest BCUT2D eigenvalue weighted by atomic mass is 16.5. The van der Waals surface area contributed by atoms with E-state index in [0.717, 1.165) is 17.6 Å². The topological polar surface area (TPSA) is 56.3 Å². The Morgan fingerprint density at radius 2 is 2.38 bits per heavy atom. The smallest absolute Gasteiger partial charge is 0.227 e. The van der Waals surface area contributed by atoms with E-state index in [0.29, 0.717) is 18.6 Å². The van der Waals surface area contributed by atoms with Crippen molar-refractivity contribution in [2.45, 2.75) is 38.1 Å². The first kappa shape index (κ1) is 10.9. The van der Waals surface area contributed by atoms with Gasteiger partial charge in [-0.05, 0) is 25.0 Å². The van der Waals surface area contributed by atoms with Crippen LogP contribution in [-0.2, 0) is 4.79 Å². The maximum absolute atomic E-state index is 12.0. The van der Waals surface area contributed by atoms with E-state index in [1.165, 1.54) is 12.5 Å². The Balaban J connectivity index is 2.25. The van der Waals surface area contributed by atoms with E-state index in [1.807, 2.05) is 0 Å². The van der Waals surface area contributed by atoms with E-state index in [1.54, 1.807) is 19.1 Å². The Morgan fingerprint density at radius 1 is 1.56 bits per heavy atom. The molecule has 4 nitrogen and oxygen atoms in total. The highest BCUT2D eigenvalue weighted by Gasteiger charge is 2.42. The highest BCUT2D eigenvalue weighted by Crippen LogP contribution is 2.27. The number of hydroxylamine groups is 1. The molecule has 1 heterocycles. The molecule has 1 aromatic rings. The van der Waals surface area contributed by atoms with Crippen LogP contribution in [0.4, 0.5) is 0 Å². The number of carbonyl (C=O) groups is 1. The fraction of sp³-hybridized carbons (Fsp3) is 0.500. The molecule has 0 spiro atoms. The summed E-state index contributed by atoms with van der Waals surface area (Å²) in [6.45, 7) is 1.71. The third-order valence-electron chi connectivity index (χ3n) is 3.19. The number of ketones is 1. The van der Waals surface area contributed by atoms with Gasteiger partial charge in [-0.25, -0.2) is 0 Å². The zero-order valence-electron chi connectivity index (χ0n) is 9.31. The maximum Gasteiger partial charge on any atom is 0.227 e. The van der Waals surface area contributed by atoms with Gasteiger partial charge in [-0.1, -0.05) is 0 Å². The van der Waals surface area contributed by atoms with Crippen molar-refractivity contribution in [1.82, 2.24) is 0 Å². The van der Waals surface area contributed by atoms with Gasteiger partial charge < -0.3 is 9.62 Å². The second-order valence-corrected chi connectivity index (χ2v) is 4.37. The van der Waals surface area contributed by atoms with E-state index in [9.17, 15) is 10.0 Å². The van der Waals surface area contributed by atoms with Crippen molar-refractivity contribution in [3.63, 3.8) is 0 Å². The molecule has 0 bridgehead atoms. The van der Waals surface area contributed by atoms with Gasteiger partial charge in [0, 0.05) is 19.8 Å². The molecule has 0 amide bonds. The number of rotatable bonds is 2. The number of Topliss-reactive ketones (excluding diaryl/α,β-unsaturated/α-hetero) is 1. The number of hydrogen-bond acceptors (Lipinski definition) is 3. The maximum atomic E-state index is 12.0. The highest BCUT2D eigenvalue weighted by molar-refractivity contribution is 5.88. The quantitative estimate of drug-likeness (QED) is 0.332. The molecule has 1 aromatic heterocycles. The Labute approximate surface area is 94.2 Å². The van der Waals surface area contributed by atoms with E-state index in [4.69, 9.17) is 4.42 Å². The standard InChI is InChI=1S/C12H15NO3/c1-12(7-3-2-6-11(12)14)13(15)9-10-5-4-8-16-10/h4-5,8-9H,2-3,6-7H2,1H3/b13-9-/t12-/m1/s1. The predicted octanol–water partition coefficient (Wildman–Crippen LogP) is 2.11. The lowest BCUT2D eigenvalue weighted by atomic mass is 9.82. The molecule has 0 aromatic carbocycles. The molecule has 0 radical (unpaired) electrons. The average molecular weight is 221 g/mol. The van der Waals surface area contributed by atoms with Gasteiger partial charge >= 0.3 is 0 Å². The zero-order chi connectivity index (χ0) is 11.6. The van der Waals surface area contributed by atoms with Crippen molar-refractivity contribution in [1.29, 1.82) is 0 Å². The molecule has 1 fully saturated rings. The van der Waals surface area contributed by atoms with Gasteiger partial charge in [0.15, 0.2) is 5.76 Å². The van der Waals surface area contributed by atoms with E-state index < -0.39 is 5.54 Å². The Morgan fingerprint density at radius 3 is 3.00 bits per heavy atom. The molecule has 4 heteroatoms. The van der Waals surface area contributed by atoms with Crippen LogP contribution >= 0.6 is 0 Å². The molecule has 2 rings (SSSR count). The second kappa shape index (κ2) is 4.12. The lowest BCUT2D eigenvalue weighted by molar-refractivity contribution is -0.525. The van der Waals surface area contributed by atoms with Crippen LogP contribution in [0.1, 0.15) is 38.4 Å². The van der Waals surface area contributed by atoms with Crippen molar-refractivity contribution in [2.24, 2.45) is 0 Å². The predicted molar refractivity (Wildman–Crippen MR) is 59.4 cm³/mol. The first-order chi connectivity index (χ1) is 7.63. The summed E-state index contributed by atoms with van der Waals surface area (Å²) < 4.78 is 5.81. The van der Waals surface area contributed by atoms with Crippen LogP contribution in [0.25, 0.3) is 0 Å². The molecule has 1 saturated carbocycles. The summed E-state index contributed by atoms with van der Waals surface area (Å²) in [5.74, 6) is 0.506. The molecule has 1 atom stereocenters. The Hall–Kier alpha value is -1.58. The van der Waals surface area contributed by atoms with Gasteiger partial charge in [0.2, 0.25) is 17.5 Å². The fourth-order valence-corrected chi connectivity index (χ4v) is 2.02. The molecular weight excluding hydrogens is 206 g/mol. The van der Waals surface area contributed by atoms with Gasteiger partial charge in [-0.15, -0.1) is 0 Å². The largest absolute Gasteiger partial charge is 0.623 e. The van der Waals surface area contributed by atoms with Crippen LogP contribution in [0, 0.1) is 5.21 Å². The second-order valence-electron chi connectivity index (χ2n) is 4.37. The minimum absolute atomic E-state index is 0.0246. The molecule has 1 aliphatic rings. The van der Waals surface area contributed by atoms with E-state index in [2.05, 4.69) is 0 Å². The number of furan rings is 1. The summed E-state index contributed by atoms with van der Waals surface area (Å²) in [7, 11) is 0. The Kier molecular flexibility index (Phi) is 2.81. The van der Waals surface area contributed by atoms with Gasteiger partial charge in [-0.2, -0.15) is 4.74 Å². The third kappa shape index (κ3) is 1.87. The summed E-state index contributed by atoms with van der Waals surface area (Å²) >= 11 is 0. The lowest BCUT2D eigenvalue weighted by Crippen LogP contribution is -2.46. The fourth-order valence-electron chi connectivity index (χ4n) is 2.02. The Bertz CT molecular complexity index is 408. The van der Waals surface area contributed by atoms with Crippen LogP contribution < -0.4 is 0 Å². The number of hydrogen-bond donors (Lipinski definition) is 0. The van der Waals surface area contributed by atoms with Crippen molar-refractivity contribution in [3.05, 3.63) is 29.4 Å².